The van der Waals surface area contributed by atoms with Gasteiger partial charge in [0.2, 0.25) is 0 Å². The number of aromatic amines is 1. The van der Waals surface area contributed by atoms with E-state index in [1.807, 2.05) is 41.4 Å². The molecule has 1 N–H and O–H groups in total. The third kappa shape index (κ3) is 3.29. The molecule has 0 aliphatic carbocycles. The van der Waals surface area contributed by atoms with Crippen LogP contribution in [0.4, 0.5) is 0 Å². The summed E-state index contributed by atoms with van der Waals surface area (Å²) in [5, 5.41) is 0.937. The number of hydrogen-bond donors (Lipinski definition) is 1. The number of amides is 1. The maximum atomic E-state index is 13.3. The Labute approximate surface area is 159 Å². The Morgan fingerprint density at radius 3 is 2.93 bits per heavy atom. The number of likely N-dealkylation sites (tertiary alicyclic amines) is 1. The fourth-order valence-corrected chi connectivity index (χ4v) is 4.30. The van der Waals surface area contributed by atoms with Crippen molar-refractivity contribution >= 4 is 16.8 Å². The standard InChI is InChI=1S/C22H25N3O2/c1-22(2)12-16(10-15-6-5-9-23-13-15)14-25(22)21(26)19-11-17-18(24-19)7-4-8-20(17)27-3/h4-9,11,13,16,24H,10,12,14H2,1-3H3. The molecule has 5 heteroatoms. The van der Waals surface area contributed by atoms with Crippen LogP contribution in [0.15, 0.2) is 48.8 Å². The molecule has 3 heterocycles. The van der Waals surface area contributed by atoms with E-state index in [0.717, 1.165) is 36.0 Å². The highest BCUT2D eigenvalue weighted by atomic mass is 16.5. The van der Waals surface area contributed by atoms with Crippen molar-refractivity contribution in [3.05, 3.63) is 60.0 Å². The van der Waals surface area contributed by atoms with E-state index in [2.05, 4.69) is 29.9 Å². The van der Waals surface area contributed by atoms with Crippen LogP contribution in [0.2, 0.25) is 0 Å². The molecule has 1 aliphatic heterocycles. The lowest BCUT2D eigenvalue weighted by Crippen LogP contribution is -2.42. The molecule has 0 radical (unpaired) electrons. The fraction of sp³-hybridized carbons (Fsp3) is 0.364. The molecule has 1 saturated heterocycles. The number of nitrogens with zero attached hydrogens (tertiary/aromatic N) is 2. The van der Waals surface area contributed by atoms with Crippen molar-refractivity contribution in [2.24, 2.45) is 5.92 Å². The summed E-state index contributed by atoms with van der Waals surface area (Å²) in [5.74, 6) is 1.26. The van der Waals surface area contributed by atoms with Crippen molar-refractivity contribution in [2.45, 2.75) is 32.2 Å². The molecule has 3 aromatic rings. The highest BCUT2D eigenvalue weighted by Gasteiger charge is 2.41. The van der Waals surface area contributed by atoms with E-state index in [9.17, 15) is 4.79 Å². The van der Waals surface area contributed by atoms with E-state index in [1.165, 1.54) is 5.56 Å². The van der Waals surface area contributed by atoms with Crippen LogP contribution < -0.4 is 4.74 Å². The maximum absolute atomic E-state index is 13.3. The van der Waals surface area contributed by atoms with Gasteiger partial charge in [0.05, 0.1) is 7.11 Å². The van der Waals surface area contributed by atoms with Crippen molar-refractivity contribution in [1.29, 1.82) is 0 Å². The Hall–Kier alpha value is -2.82. The van der Waals surface area contributed by atoms with Crippen molar-refractivity contribution in [3.63, 3.8) is 0 Å². The predicted octanol–water partition coefficient (Wildman–Crippen LogP) is 4.05. The molecular formula is C22H25N3O2. The van der Waals surface area contributed by atoms with Crippen LogP contribution in [-0.4, -0.2) is 40.0 Å². The molecule has 0 saturated carbocycles. The Balaban J connectivity index is 1.57. The quantitative estimate of drug-likeness (QED) is 0.761. The number of pyridine rings is 1. The van der Waals surface area contributed by atoms with E-state index in [4.69, 9.17) is 4.74 Å². The van der Waals surface area contributed by atoms with Crippen LogP contribution in [0.5, 0.6) is 5.75 Å². The molecule has 4 rings (SSSR count). The number of nitrogens with one attached hydrogen (secondary N) is 1. The lowest BCUT2D eigenvalue weighted by Gasteiger charge is -2.31. The van der Waals surface area contributed by atoms with Crippen molar-refractivity contribution in [2.75, 3.05) is 13.7 Å². The van der Waals surface area contributed by atoms with Gasteiger partial charge < -0.3 is 14.6 Å². The van der Waals surface area contributed by atoms with Gasteiger partial charge in [-0.3, -0.25) is 9.78 Å². The molecule has 27 heavy (non-hydrogen) atoms. The lowest BCUT2D eigenvalue weighted by molar-refractivity contribution is 0.0644. The zero-order valence-electron chi connectivity index (χ0n) is 16.0. The zero-order valence-corrected chi connectivity index (χ0v) is 16.0. The van der Waals surface area contributed by atoms with Gasteiger partial charge in [0.1, 0.15) is 11.4 Å². The second-order valence-corrected chi connectivity index (χ2v) is 7.97. The average Bonchev–Trinajstić information content (AvgIpc) is 3.22. The molecule has 140 valence electrons. The summed E-state index contributed by atoms with van der Waals surface area (Å²) in [7, 11) is 1.65. The highest BCUT2D eigenvalue weighted by Crippen LogP contribution is 2.36. The summed E-state index contributed by atoms with van der Waals surface area (Å²) in [6.45, 7) is 5.06. The smallest absolute Gasteiger partial charge is 0.270 e. The van der Waals surface area contributed by atoms with Crippen molar-refractivity contribution in [1.82, 2.24) is 14.9 Å². The Kier molecular flexibility index (Phi) is 4.38. The van der Waals surface area contributed by atoms with Gasteiger partial charge in [0.15, 0.2) is 0 Å². The van der Waals surface area contributed by atoms with Crippen LogP contribution in [0.3, 0.4) is 0 Å². The summed E-state index contributed by atoms with van der Waals surface area (Å²) in [6.07, 6.45) is 5.64. The van der Waals surface area contributed by atoms with Gasteiger partial charge in [-0.25, -0.2) is 0 Å². The fourth-order valence-electron chi connectivity index (χ4n) is 4.30. The minimum atomic E-state index is -0.175. The topological polar surface area (TPSA) is 58.2 Å². The normalized spacial score (nSPS) is 18.8. The third-order valence-electron chi connectivity index (χ3n) is 5.53. The first-order valence-electron chi connectivity index (χ1n) is 9.34. The van der Waals surface area contributed by atoms with Gasteiger partial charge in [0.25, 0.3) is 5.91 Å². The number of H-pyrrole nitrogens is 1. The molecule has 2 aromatic heterocycles. The molecule has 1 unspecified atom stereocenters. The van der Waals surface area contributed by atoms with E-state index < -0.39 is 0 Å². The van der Waals surface area contributed by atoms with Gasteiger partial charge >= 0.3 is 0 Å². The second-order valence-electron chi connectivity index (χ2n) is 7.97. The van der Waals surface area contributed by atoms with E-state index in [0.29, 0.717) is 11.6 Å². The molecule has 1 amide bonds. The third-order valence-corrected chi connectivity index (χ3v) is 5.53. The molecule has 1 aliphatic rings. The van der Waals surface area contributed by atoms with Gasteiger partial charge in [-0.15, -0.1) is 0 Å². The minimum absolute atomic E-state index is 0.0481. The summed E-state index contributed by atoms with van der Waals surface area (Å²) in [6, 6.07) is 11.8. The van der Waals surface area contributed by atoms with Gasteiger partial charge in [-0.05, 0) is 62.4 Å². The number of benzene rings is 1. The van der Waals surface area contributed by atoms with Gasteiger partial charge in [-0.1, -0.05) is 12.1 Å². The predicted molar refractivity (Wildman–Crippen MR) is 106 cm³/mol. The average molecular weight is 363 g/mol. The zero-order chi connectivity index (χ0) is 19.0. The first-order chi connectivity index (χ1) is 13.0. The number of hydrogen-bond acceptors (Lipinski definition) is 3. The van der Waals surface area contributed by atoms with Gasteiger partial charge in [-0.2, -0.15) is 0 Å². The van der Waals surface area contributed by atoms with Crippen molar-refractivity contribution < 1.29 is 9.53 Å². The van der Waals surface area contributed by atoms with Gasteiger partial charge in [0, 0.05) is 35.4 Å². The molecule has 1 aromatic carbocycles. The van der Waals surface area contributed by atoms with Crippen LogP contribution in [0.1, 0.15) is 36.3 Å². The SMILES string of the molecule is COc1cccc2[nH]c(C(=O)N3CC(Cc4cccnc4)CC3(C)C)cc12. The summed E-state index contributed by atoms with van der Waals surface area (Å²) in [5.41, 5.74) is 2.58. The first kappa shape index (κ1) is 17.6. The number of ether oxygens (including phenoxy) is 1. The number of aromatic nitrogens is 2. The number of fused-ring (bicyclic) bond motifs is 1. The highest BCUT2D eigenvalue weighted by molar-refractivity contribution is 6.00. The second kappa shape index (κ2) is 6.72. The Morgan fingerprint density at radius 1 is 1.33 bits per heavy atom. The first-order valence-corrected chi connectivity index (χ1v) is 9.34. The summed E-state index contributed by atoms with van der Waals surface area (Å²) in [4.78, 5) is 22.8. The van der Waals surface area contributed by atoms with E-state index in [-0.39, 0.29) is 11.4 Å². The van der Waals surface area contributed by atoms with Crippen LogP contribution >= 0.6 is 0 Å². The summed E-state index contributed by atoms with van der Waals surface area (Å²) >= 11 is 0. The van der Waals surface area contributed by atoms with Crippen LogP contribution in [-0.2, 0) is 6.42 Å². The number of carbonyl (C=O) groups is 1. The molecule has 0 spiro atoms. The largest absolute Gasteiger partial charge is 0.496 e. The molecule has 1 fully saturated rings. The molecular weight excluding hydrogens is 338 g/mol. The van der Waals surface area contributed by atoms with E-state index >= 15 is 0 Å². The number of rotatable bonds is 4. The molecule has 0 bridgehead atoms. The Morgan fingerprint density at radius 2 is 2.19 bits per heavy atom. The lowest BCUT2D eigenvalue weighted by atomic mass is 9.92. The van der Waals surface area contributed by atoms with Crippen LogP contribution in [0.25, 0.3) is 10.9 Å². The molecule has 1 atom stereocenters. The number of methoxy groups -OCH3 is 1. The van der Waals surface area contributed by atoms with Crippen molar-refractivity contribution in [3.8, 4) is 5.75 Å². The number of carbonyl (C=O) groups excluding carboxylic acids is 1. The summed E-state index contributed by atoms with van der Waals surface area (Å²) < 4.78 is 5.42. The monoisotopic (exact) mass is 363 g/mol. The van der Waals surface area contributed by atoms with Crippen LogP contribution in [0, 0.1) is 5.92 Å². The minimum Gasteiger partial charge on any atom is -0.496 e. The Bertz CT molecular complexity index is 962. The molecule has 5 nitrogen and oxygen atoms in total. The maximum Gasteiger partial charge on any atom is 0.270 e. The van der Waals surface area contributed by atoms with E-state index in [1.54, 1.807) is 13.3 Å².